The van der Waals surface area contributed by atoms with E-state index in [0.717, 1.165) is 15.8 Å². The van der Waals surface area contributed by atoms with Gasteiger partial charge in [-0.3, -0.25) is 9.69 Å². The summed E-state index contributed by atoms with van der Waals surface area (Å²) in [5.74, 6) is 0.217. The van der Waals surface area contributed by atoms with E-state index in [4.69, 9.17) is 10.2 Å². The number of para-hydroxylation sites is 1. The Morgan fingerprint density at radius 3 is 2.43 bits per heavy atom. The molecule has 1 heterocycles. The van der Waals surface area contributed by atoms with Crippen LogP contribution in [0.1, 0.15) is 46.8 Å². The Labute approximate surface area is 180 Å². The van der Waals surface area contributed by atoms with Crippen LogP contribution in [0, 0.1) is 11.3 Å². The van der Waals surface area contributed by atoms with Crippen molar-refractivity contribution in [1.82, 2.24) is 4.98 Å². The zero-order valence-corrected chi connectivity index (χ0v) is 17.7. The normalized spacial score (nSPS) is 10.9. The average Bonchev–Trinajstić information content (AvgIpc) is 3.21. The molecule has 0 fully saturated rings. The van der Waals surface area contributed by atoms with Gasteiger partial charge in [0, 0.05) is 5.56 Å². The molecule has 0 N–H and O–H groups in total. The topological polar surface area (TPSA) is 57.0 Å². The van der Waals surface area contributed by atoms with Crippen molar-refractivity contribution in [2.45, 2.75) is 26.3 Å². The van der Waals surface area contributed by atoms with Gasteiger partial charge in [-0.1, -0.05) is 67.6 Å². The highest BCUT2D eigenvalue weighted by Gasteiger charge is 2.23. The van der Waals surface area contributed by atoms with Gasteiger partial charge in [-0.05, 0) is 47.4 Å². The lowest BCUT2D eigenvalue weighted by molar-refractivity contribution is 0.0985. The first-order chi connectivity index (χ1) is 14.6. The van der Waals surface area contributed by atoms with Crippen molar-refractivity contribution in [3.63, 3.8) is 0 Å². The van der Waals surface area contributed by atoms with E-state index in [9.17, 15) is 4.79 Å². The minimum Gasteiger partial charge on any atom is -0.279 e. The Balaban J connectivity index is 1.79. The van der Waals surface area contributed by atoms with Crippen molar-refractivity contribution in [3.8, 4) is 6.07 Å². The van der Waals surface area contributed by atoms with Gasteiger partial charge in [-0.25, -0.2) is 4.98 Å². The summed E-state index contributed by atoms with van der Waals surface area (Å²) in [6.45, 7) is 4.73. The third kappa shape index (κ3) is 3.96. The molecule has 0 spiro atoms. The van der Waals surface area contributed by atoms with Gasteiger partial charge in [0.1, 0.15) is 0 Å². The highest BCUT2D eigenvalue weighted by molar-refractivity contribution is 7.22. The molecule has 0 aliphatic carbocycles. The van der Waals surface area contributed by atoms with Gasteiger partial charge in [-0.15, -0.1) is 0 Å². The number of hydrogen-bond donors (Lipinski definition) is 0. The van der Waals surface area contributed by atoms with Crippen molar-refractivity contribution in [1.29, 1.82) is 5.26 Å². The van der Waals surface area contributed by atoms with Gasteiger partial charge in [0.15, 0.2) is 5.13 Å². The first-order valence-corrected chi connectivity index (χ1v) is 10.6. The maximum atomic E-state index is 13.5. The van der Waals surface area contributed by atoms with Crippen LogP contribution in [0.5, 0.6) is 0 Å². The fraction of sp³-hybridized carbons (Fsp3) is 0.160. The number of nitriles is 1. The van der Waals surface area contributed by atoms with Crippen molar-refractivity contribution in [2.75, 3.05) is 4.90 Å². The zero-order chi connectivity index (χ0) is 21.1. The fourth-order valence-electron chi connectivity index (χ4n) is 3.37. The number of amides is 1. The van der Waals surface area contributed by atoms with E-state index in [1.54, 1.807) is 29.2 Å². The first kappa shape index (κ1) is 19.8. The number of anilines is 1. The molecule has 0 saturated carbocycles. The van der Waals surface area contributed by atoms with Gasteiger partial charge < -0.3 is 0 Å². The largest absolute Gasteiger partial charge is 0.279 e. The van der Waals surface area contributed by atoms with Crippen molar-refractivity contribution in [2.24, 2.45) is 0 Å². The van der Waals surface area contributed by atoms with Crippen LogP contribution < -0.4 is 4.90 Å². The number of rotatable bonds is 5. The van der Waals surface area contributed by atoms with E-state index in [1.807, 2.05) is 36.4 Å². The summed E-state index contributed by atoms with van der Waals surface area (Å²) >= 11 is 1.53. The summed E-state index contributed by atoms with van der Waals surface area (Å²) in [7, 11) is 0. The lowest BCUT2D eigenvalue weighted by Crippen LogP contribution is -2.30. The van der Waals surface area contributed by atoms with Crippen LogP contribution in [0.25, 0.3) is 10.2 Å². The molecule has 3 aromatic carbocycles. The Bertz CT molecular complexity index is 1220. The van der Waals surface area contributed by atoms with E-state index in [0.29, 0.717) is 28.7 Å². The lowest BCUT2D eigenvalue weighted by Gasteiger charge is -2.20. The highest BCUT2D eigenvalue weighted by Crippen LogP contribution is 2.34. The standard InChI is InChI=1S/C25H21N3OS/c1-17(2)21-9-6-10-22-23(21)27-25(30-22)28(16-19-7-4-3-5-8-19)24(29)20-13-11-18(15-26)12-14-20/h3-14,17H,16H2,1-2H3. The molecule has 1 aromatic heterocycles. The summed E-state index contributed by atoms with van der Waals surface area (Å²) in [6.07, 6.45) is 0. The van der Waals surface area contributed by atoms with E-state index in [2.05, 4.69) is 32.0 Å². The molecule has 0 saturated heterocycles. The molecule has 0 atom stereocenters. The highest BCUT2D eigenvalue weighted by atomic mass is 32.1. The summed E-state index contributed by atoms with van der Waals surface area (Å²) < 4.78 is 1.07. The van der Waals surface area contributed by atoms with Crippen LogP contribution in [0.4, 0.5) is 5.13 Å². The maximum absolute atomic E-state index is 13.5. The Morgan fingerprint density at radius 1 is 1.03 bits per heavy atom. The maximum Gasteiger partial charge on any atom is 0.260 e. The molecular weight excluding hydrogens is 390 g/mol. The third-order valence-corrected chi connectivity index (χ3v) is 6.03. The number of carbonyl (C=O) groups excluding carboxylic acids is 1. The van der Waals surface area contributed by atoms with Gasteiger partial charge in [-0.2, -0.15) is 5.26 Å². The Morgan fingerprint density at radius 2 is 1.77 bits per heavy atom. The Kier molecular flexibility index (Phi) is 5.60. The summed E-state index contributed by atoms with van der Waals surface area (Å²) in [5.41, 5.74) is 4.23. The molecule has 5 heteroatoms. The summed E-state index contributed by atoms with van der Waals surface area (Å²) in [4.78, 5) is 20.1. The van der Waals surface area contributed by atoms with Crippen LogP contribution in [0.15, 0.2) is 72.8 Å². The number of thiazole rings is 1. The van der Waals surface area contributed by atoms with Gasteiger partial charge >= 0.3 is 0 Å². The van der Waals surface area contributed by atoms with E-state index in [-0.39, 0.29) is 5.91 Å². The van der Waals surface area contributed by atoms with Crippen LogP contribution in [0.3, 0.4) is 0 Å². The molecule has 148 valence electrons. The van der Waals surface area contributed by atoms with E-state index >= 15 is 0 Å². The van der Waals surface area contributed by atoms with Crippen LogP contribution in [0.2, 0.25) is 0 Å². The van der Waals surface area contributed by atoms with Gasteiger partial charge in [0.2, 0.25) is 0 Å². The predicted molar refractivity (Wildman–Crippen MR) is 122 cm³/mol. The van der Waals surface area contributed by atoms with Crippen LogP contribution >= 0.6 is 11.3 Å². The molecular formula is C25H21N3OS. The molecule has 4 nitrogen and oxygen atoms in total. The Hall–Kier alpha value is -3.49. The number of carbonyl (C=O) groups is 1. The van der Waals surface area contributed by atoms with Crippen LogP contribution in [-0.4, -0.2) is 10.9 Å². The second kappa shape index (κ2) is 8.48. The van der Waals surface area contributed by atoms with Crippen molar-refractivity contribution in [3.05, 3.63) is 95.1 Å². The molecule has 4 rings (SSSR count). The first-order valence-electron chi connectivity index (χ1n) is 9.82. The second-order valence-corrected chi connectivity index (χ2v) is 8.42. The van der Waals surface area contributed by atoms with Crippen molar-refractivity contribution < 1.29 is 4.79 Å². The molecule has 0 radical (unpaired) electrons. The zero-order valence-electron chi connectivity index (χ0n) is 16.9. The summed E-state index contributed by atoms with van der Waals surface area (Å²) in [6, 6.07) is 24.9. The molecule has 30 heavy (non-hydrogen) atoms. The second-order valence-electron chi connectivity index (χ2n) is 7.41. The fourth-order valence-corrected chi connectivity index (χ4v) is 4.37. The minimum atomic E-state index is -0.131. The SMILES string of the molecule is CC(C)c1cccc2sc(N(Cc3ccccc3)C(=O)c3ccc(C#N)cc3)nc12. The molecule has 4 aromatic rings. The quantitative estimate of drug-likeness (QED) is 0.396. The molecule has 0 unspecified atom stereocenters. The number of aromatic nitrogens is 1. The molecule has 0 bridgehead atoms. The third-order valence-electron chi connectivity index (χ3n) is 4.98. The summed E-state index contributed by atoms with van der Waals surface area (Å²) in [5, 5.41) is 9.72. The van der Waals surface area contributed by atoms with E-state index < -0.39 is 0 Å². The van der Waals surface area contributed by atoms with E-state index in [1.165, 1.54) is 16.9 Å². The molecule has 0 aliphatic rings. The van der Waals surface area contributed by atoms with Crippen molar-refractivity contribution >= 4 is 32.6 Å². The van der Waals surface area contributed by atoms with Gasteiger partial charge in [0.25, 0.3) is 5.91 Å². The lowest BCUT2D eigenvalue weighted by atomic mass is 10.0. The number of nitrogens with zero attached hydrogens (tertiary/aromatic N) is 3. The number of fused-ring (bicyclic) bond motifs is 1. The number of benzene rings is 3. The predicted octanol–water partition coefficient (Wildman–Crippen LogP) is 6.14. The number of hydrogen-bond acceptors (Lipinski definition) is 4. The minimum absolute atomic E-state index is 0.131. The average molecular weight is 412 g/mol. The smallest absolute Gasteiger partial charge is 0.260 e. The molecule has 0 aliphatic heterocycles. The molecule has 1 amide bonds. The van der Waals surface area contributed by atoms with Crippen LogP contribution in [-0.2, 0) is 6.54 Å². The van der Waals surface area contributed by atoms with Gasteiger partial charge in [0.05, 0.1) is 28.4 Å². The monoisotopic (exact) mass is 411 g/mol.